The first-order valence-electron chi connectivity index (χ1n) is 9.40. The van der Waals surface area contributed by atoms with E-state index in [1.54, 1.807) is 0 Å². The Balaban J connectivity index is 2.48. The fraction of sp³-hybridized carbons (Fsp3) is 0.364. The van der Waals surface area contributed by atoms with Crippen LogP contribution in [-0.4, -0.2) is 35.9 Å². The molecule has 0 aliphatic carbocycles. The number of nitrogens with zero attached hydrogens (tertiary/aromatic N) is 4. The van der Waals surface area contributed by atoms with E-state index in [0.29, 0.717) is 6.54 Å². The molecule has 0 saturated carbocycles. The van der Waals surface area contributed by atoms with Crippen molar-refractivity contribution in [1.82, 2.24) is 14.8 Å². The van der Waals surface area contributed by atoms with Crippen LogP contribution in [0.4, 0.5) is 11.6 Å². The molecule has 0 aliphatic heterocycles. The third kappa shape index (κ3) is 4.88. The maximum absolute atomic E-state index is 4.85. The van der Waals surface area contributed by atoms with Gasteiger partial charge in [-0.2, -0.15) is 5.10 Å². The minimum atomic E-state index is 0.715. The van der Waals surface area contributed by atoms with Gasteiger partial charge in [-0.3, -0.25) is 0 Å². The van der Waals surface area contributed by atoms with Crippen molar-refractivity contribution in [2.24, 2.45) is 0 Å². The maximum Gasteiger partial charge on any atom is 0.135 e. The number of rotatable bonds is 8. The number of aromatic nitrogens is 3. The zero-order valence-corrected chi connectivity index (χ0v) is 17.3. The van der Waals surface area contributed by atoms with Crippen LogP contribution in [-0.2, 0) is 6.54 Å². The van der Waals surface area contributed by atoms with Gasteiger partial charge in [-0.25, -0.2) is 9.67 Å². The van der Waals surface area contributed by atoms with Crippen molar-refractivity contribution in [2.75, 3.05) is 31.4 Å². The maximum atomic E-state index is 4.85. The average Bonchev–Trinajstić information content (AvgIpc) is 2.98. The van der Waals surface area contributed by atoms with Crippen molar-refractivity contribution in [2.45, 2.75) is 33.7 Å². The normalized spacial score (nSPS) is 11.9. The van der Waals surface area contributed by atoms with Crippen molar-refractivity contribution in [1.29, 1.82) is 0 Å². The van der Waals surface area contributed by atoms with Crippen LogP contribution < -0.4 is 10.2 Å². The lowest BCUT2D eigenvalue weighted by atomic mass is 10.1. The summed E-state index contributed by atoms with van der Waals surface area (Å²) in [5.74, 6) is 1.99. The van der Waals surface area contributed by atoms with Crippen LogP contribution in [0.5, 0.6) is 0 Å². The standard InChI is InChI=1S/C22H31N5/c1-7-9-11-12-14-27-21(23-4)17(3)20(25-27)19-15-18(13-10-8-2)22(24-16-19)26(5)6/h7,9-13,15-16,23H,8,14H2,1-6H3/b9-7-,12-11-,13-10+. The van der Waals surface area contributed by atoms with Crippen LogP contribution in [0.2, 0.25) is 0 Å². The summed E-state index contributed by atoms with van der Waals surface area (Å²) in [5, 5.41) is 8.12. The molecule has 27 heavy (non-hydrogen) atoms. The van der Waals surface area contributed by atoms with Gasteiger partial charge in [0.05, 0.1) is 12.2 Å². The first-order chi connectivity index (χ1) is 13.0. The van der Waals surface area contributed by atoms with Crippen molar-refractivity contribution in [3.8, 4) is 11.3 Å². The quantitative estimate of drug-likeness (QED) is 0.675. The molecule has 0 unspecified atom stereocenters. The lowest BCUT2D eigenvalue weighted by Crippen LogP contribution is -2.12. The zero-order chi connectivity index (χ0) is 19.8. The molecule has 2 heterocycles. The molecule has 0 radical (unpaired) electrons. The van der Waals surface area contributed by atoms with Crippen molar-refractivity contribution >= 4 is 17.7 Å². The lowest BCUT2D eigenvalue weighted by Gasteiger charge is -2.15. The summed E-state index contributed by atoms with van der Waals surface area (Å²) < 4.78 is 1.99. The highest BCUT2D eigenvalue weighted by Gasteiger charge is 2.16. The monoisotopic (exact) mass is 365 g/mol. The Morgan fingerprint density at radius 1 is 1.22 bits per heavy atom. The Hall–Kier alpha value is -2.82. The van der Waals surface area contributed by atoms with Gasteiger partial charge < -0.3 is 10.2 Å². The Labute approximate surface area is 163 Å². The predicted molar refractivity (Wildman–Crippen MR) is 117 cm³/mol. The van der Waals surface area contributed by atoms with Crippen molar-refractivity contribution < 1.29 is 0 Å². The van der Waals surface area contributed by atoms with Gasteiger partial charge >= 0.3 is 0 Å². The molecular formula is C22H31N5. The fourth-order valence-electron chi connectivity index (χ4n) is 2.97. The van der Waals surface area contributed by atoms with Crippen molar-refractivity contribution in [3.05, 3.63) is 53.8 Å². The molecule has 144 valence electrons. The third-order valence-corrected chi connectivity index (χ3v) is 4.27. The van der Waals surface area contributed by atoms with E-state index in [9.17, 15) is 0 Å². The van der Waals surface area contributed by atoms with E-state index in [0.717, 1.165) is 40.4 Å². The molecule has 5 heteroatoms. The SMILES string of the molecule is C/C=C\C=C/Cn1nc(-c2cnc(N(C)C)c(/C=C/CC)c2)c(C)c1NC. The van der Waals surface area contributed by atoms with E-state index in [-0.39, 0.29) is 0 Å². The van der Waals surface area contributed by atoms with Crippen LogP contribution in [0.25, 0.3) is 17.3 Å². The number of nitrogens with one attached hydrogen (secondary N) is 1. The van der Waals surface area contributed by atoms with Gasteiger partial charge in [0.2, 0.25) is 0 Å². The minimum Gasteiger partial charge on any atom is -0.373 e. The first-order valence-corrected chi connectivity index (χ1v) is 9.40. The second-order valence-electron chi connectivity index (χ2n) is 6.55. The summed E-state index contributed by atoms with van der Waals surface area (Å²) in [7, 11) is 5.96. The highest BCUT2D eigenvalue weighted by molar-refractivity contribution is 5.74. The number of hydrogen-bond donors (Lipinski definition) is 1. The largest absolute Gasteiger partial charge is 0.373 e. The van der Waals surface area contributed by atoms with Gasteiger partial charge in [0.1, 0.15) is 11.6 Å². The highest BCUT2D eigenvalue weighted by atomic mass is 15.3. The molecule has 0 spiro atoms. The van der Waals surface area contributed by atoms with E-state index < -0.39 is 0 Å². The predicted octanol–water partition coefficient (Wildman–Crippen LogP) is 4.92. The molecule has 0 fully saturated rings. The van der Waals surface area contributed by atoms with E-state index >= 15 is 0 Å². The molecule has 1 N–H and O–H groups in total. The summed E-state index contributed by atoms with van der Waals surface area (Å²) in [6, 6.07) is 2.17. The van der Waals surface area contributed by atoms with Gasteiger partial charge in [0.15, 0.2) is 0 Å². The molecule has 0 saturated heterocycles. The fourth-order valence-corrected chi connectivity index (χ4v) is 2.97. The minimum absolute atomic E-state index is 0.715. The van der Waals surface area contributed by atoms with Crippen LogP contribution in [0.1, 0.15) is 31.4 Å². The Bertz CT molecular complexity index is 841. The van der Waals surface area contributed by atoms with E-state index in [1.807, 2.05) is 62.1 Å². The number of anilines is 2. The van der Waals surface area contributed by atoms with Crippen LogP contribution in [0.3, 0.4) is 0 Å². The second-order valence-corrected chi connectivity index (χ2v) is 6.55. The first kappa shape index (κ1) is 20.5. The summed E-state index contributed by atoms with van der Waals surface area (Å²) in [6.07, 6.45) is 15.4. The Morgan fingerprint density at radius 3 is 2.63 bits per heavy atom. The number of pyridine rings is 1. The zero-order valence-electron chi connectivity index (χ0n) is 17.3. The van der Waals surface area contributed by atoms with Crippen LogP contribution >= 0.6 is 0 Å². The van der Waals surface area contributed by atoms with Gasteiger partial charge in [-0.1, -0.05) is 43.4 Å². The molecular weight excluding hydrogens is 334 g/mol. The molecule has 0 bridgehead atoms. The molecule has 0 atom stereocenters. The van der Waals surface area contributed by atoms with E-state index in [1.165, 1.54) is 0 Å². The van der Waals surface area contributed by atoms with Gasteiger partial charge in [0, 0.05) is 44.0 Å². The highest BCUT2D eigenvalue weighted by Crippen LogP contribution is 2.30. The van der Waals surface area contributed by atoms with Crippen LogP contribution in [0.15, 0.2) is 42.6 Å². The van der Waals surface area contributed by atoms with Crippen molar-refractivity contribution in [3.63, 3.8) is 0 Å². The molecule has 2 aromatic rings. The number of hydrogen-bond acceptors (Lipinski definition) is 4. The molecule has 2 rings (SSSR count). The summed E-state index contributed by atoms with van der Waals surface area (Å²) in [6.45, 7) is 6.96. The summed E-state index contributed by atoms with van der Waals surface area (Å²) in [5.41, 5.74) is 4.22. The average molecular weight is 366 g/mol. The molecule has 0 aromatic carbocycles. The van der Waals surface area contributed by atoms with Crippen LogP contribution in [0, 0.1) is 6.92 Å². The van der Waals surface area contributed by atoms with Gasteiger partial charge in [-0.05, 0) is 26.3 Å². The molecule has 5 nitrogen and oxygen atoms in total. The molecule has 2 aromatic heterocycles. The van der Waals surface area contributed by atoms with Gasteiger partial charge in [0.25, 0.3) is 0 Å². The Kier molecular flexibility index (Phi) is 7.41. The van der Waals surface area contributed by atoms with Gasteiger partial charge in [-0.15, -0.1) is 0 Å². The third-order valence-electron chi connectivity index (χ3n) is 4.27. The second kappa shape index (κ2) is 9.76. The number of allylic oxidation sites excluding steroid dienone is 5. The molecule has 0 aliphatic rings. The van der Waals surface area contributed by atoms with E-state index in [4.69, 9.17) is 5.10 Å². The topological polar surface area (TPSA) is 46.0 Å². The summed E-state index contributed by atoms with van der Waals surface area (Å²) >= 11 is 0. The lowest BCUT2D eigenvalue weighted by molar-refractivity contribution is 0.711. The van der Waals surface area contributed by atoms with E-state index in [2.05, 4.69) is 48.4 Å². The Morgan fingerprint density at radius 2 is 2.00 bits per heavy atom. The molecule has 0 amide bonds. The summed E-state index contributed by atoms with van der Waals surface area (Å²) in [4.78, 5) is 6.72. The smallest absolute Gasteiger partial charge is 0.135 e.